The Labute approximate surface area is 157 Å². The van der Waals surface area contributed by atoms with Gasteiger partial charge in [0.1, 0.15) is 11.5 Å². The number of aromatic nitrogens is 3. The highest BCUT2D eigenvalue weighted by molar-refractivity contribution is 7.71. The molecule has 7 heteroatoms. The first-order valence-corrected chi connectivity index (χ1v) is 8.61. The Balaban J connectivity index is 1.97. The third-order valence-corrected chi connectivity index (χ3v) is 3.83. The lowest BCUT2D eigenvalue weighted by Crippen LogP contribution is -2.05. The van der Waals surface area contributed by atoms with E-state index >= 15 is 0 Å². The predicted molar refractivity (Wildman–Crippen MR) is 105 cm³/mol. The summed E-state index contributed by atoms with van der Waals surface area (Å²) >= 11 is 5.32. The van der Waals surface area contributed by atoms with E-state index < -0.39 is 0 Å². The van der Waals surface area contributed by atoms with Crippen molar-refractivity contribution in [3.8, 4) is 22.9 Å². The molecular formula is C19H20N4O2S. The fourth-order valence-electron chi connectivity index (χ4n) is 2.46. The van der Waals surface area contributed by atoms with Crippen molar-refractivity contribution in [3.05, 3.63) is 58.9 Å². The van der Waals surface area contributed by atoms with Crippen LogP contribution in [0.1, 0.15) is 19.4 Å². The molecule has 26 heavy (non-hydrogen) atoms. The zero-order valence-corrected chi connectivity index (χ0v) is 15.7. The average Bonchev–Trinajstić information content (AvgIpc) is 3.00. The summed E-state index contributed by atoms with van der Waals surface area (Å²) in [6.07, 6.45) is 1.79. The monoisotopic (exact) mass is 368 g/mol. The highest BCUT2D eigenvalue weighted by Gasteiger charge is 2.10. The van der Waals surface area contributed by atoms with E-state index in [-0.39, 0.29) is 6.10 Å². The number of nitrogens with zero attached hydrogens (tertiary/aromatic N) is 3. The van der Waals surface area contributed by atoms with Crippen LogP contribution in [0.25, 0.3) is 11.4 Å². The molecule has 0 saturated carbocycles. The molecule has 0 aliphatic carbocycles. The van der Waals surface area contributed by atoms with Gasteiger partial charge in [-0.3, -0.25) is 0 Å². The normalized spacial score (nSPS) is 11.2. The molecule has 0 fully saturated rings. The number of aromatic amines is 1. The van der Waals surface area contributed by atoms with Gasteiger partial charge in [-0.2, -0.15) is 14.9 Å². The van der Waals surface area contributed by atoms with Gasteiger partial charge in [0.25, 0.3) is 0 Å². The van der Waals surface area contributed by atoms with Crippen molar-refractivity contribution in [1.82, 2.24) is 14.9 Å². The molecule has 1 aromatic heterocycles. The van der Waals surface area contributed by atoms with Crippen molar-refractivity contribution in [2.24, 2.45) is 5.10 Å². The van der Waals surface area contributed by atoms with E-state index in [0.29, 0.717) is 10.6 Å². The van der Waals surface area contributed by atoms with Crippen LogP contribution in [0.3, 0.4) is 0 Å². The highest BCUT2D eigenvalue weighted by atomic mass is 32.1. The van der Waals surface area contributed by atoms with Gasteiger partial charge in [0.15, 0.2) is 5.82 Å². The van der Waals surface area contributed by atoms with Gasteiger partial charge in [-0.15, -0.1) is 0 Å². The Morgan fingerprint density at radius 2 is 2.00 bits per heavy atom. The number of nitrogens with one attached hydrogen (secondary N) is 1. The molecule has 134 valence electrons. The summed E-state index contributed by atoms with van der Waals surface area (Å²) in [5, 5.41) is 11.6. The summed E-state index contributed by atoms with van der Waals surface area (Å²) in [6, 6.07) is 15.3. The first-order valence-electron chi connectivity index (χ1n) is 8.20. The number of methoxy groups -OCH3 is 1. The first kappa shape index (κ1) is 17.9. The Hall–Kier alpha value is -2.93. The van der Waals surface area contributed by atoms with Gasteiger partial charge < -0.3 is 9.47 Å². The molecule has 1 N–H and O–H groups in total. The smallest absolute Gasteiger partial charge is 0.216 e. The second-order valence-electron chi connectivity index (χ2n) is 5.85. The summed E-state index contributed by atoms with van der Waals surface area (Å²) in [6.45, 7) is 3.97. The molecule has 1 heterocycles. The quantitative estimate of drug-likeness (QED) is 0.521. The van der Waals surface area contributed by atoms with E-state index in [4.69, 9.17) is 21.7 Å². The number of para-hydroxylation sites is 1. The zero-order valence-electron chi connectivity index (χ0n) is 14.8. The SMILES string of the molecule is COc1ccccc1/C=N/n1c(-c2cccc(OC(C)C)c2)n[nH]c1=S. The van der Waals surface area contributed by atoms with E-state index in [2.05, 4.69) is 15.3 Å². The highest BCUT2D eigenvalue weighted by Crippen LogP contribution is 2.23. The van der Waals surface area contributed by atoms with Crippen LogP contribution in [0, 0.1) is 4.77 Å². The molecule has 0 aliphatic heterocycles. The second kappa shape index (κ2) is 7.97. The van der Waals surface area contributed by atoms with Crippen LogP contribution < -0.4 is 9.47 Å². The van der Waals surface area contributed by atoms with Gasteiger partial charge in [0, 0.05) is 11.1 Å². The molecule has 0 amide bonds. The molecule has 0 aliphatic rings. The van der Waals surface area contributed by atoms with Crippen LogP contribution >= 0.6 is 12.2 Å². The lowest BCUT2D eigenvalue weighted by atomic mass is 10.2. The predicted octanol–water partition coefficient (Wildman–Crippen LogP) is 4.29. The Morgan fingerprint density at radius 1 is 1.19 bits per heavy atom. The fourth-order valence-corrected chi connectivity index (χ4v) is 2.64. The van der Waals surface area contributed by atoms with E-state index in [1.54, 1.807) is 18.0 Å². The Bertz CT molecular complexity index is 975. The first-order chi connectivity index (χ1) is 12.6. The maximum absolute atomic E-state index is 5.75. The molecule has 0 atom stereocenters. The van der Waals surface area contributed by atoms with Crippen LogP contribution in [-0.2, 0) is 0 Å². The van der Waals surface area contributed by atoms with Crippen molar-refractivity contribution < 1.29 is 9.47 Å². The van der Waals surface area contributed by atoms with Crippen molar-refractivity contribution in [2.75, 3.05) is 7.11 Å². The molecule has 3 aromatic rings. The molecule has 2 aromatic carbocycles. The van der Waals surface area contributed by atoms with Gasteiger partial charge in [-0.25, -0.2) is 5.10 Å². The van der Waals surface area contributed by atoms with Crippen molar-refractivity contribution >= 4 is 18.4 Å². The minimum atomic E-state index is 0.0923. The maximum atomic E-state index is 5.75. The molecule has 0 unspecified atom stereocenters. The van der Waals surface area contributed by atoms with Gasteiger partial charge in [-0.05, 0) is 50.3 Å². The number of H-pyrrole nitrogens is 1. The largest absolute Gasteiger partial charge is 0.496 e. The van der Waals surface area contributed by atoms with Crippen LogP contribution in [0.4, 0.5) is 0 Å². The summed E-state index contributed by atoms with van der Waals surface area (Å²) in [5.74, 6) is 2.11. The third kappa shape index (κ3) is 4.00. The van der Waals surface area contributed by atoms with E-state index in [1.165, 1.54) is 0 Å². The summed E-state index contributed by atoms with van der Waals surface area (Å²) < 4.78 is 13.1. The lowest BCUT2D eigenvalue weighted by molar-refractivity contribution is 0.242. The fraction of sp³-hybridized carbons (Fsp3) is 0.211. The molecule has 0 saturated heterocycles. The number of rotatable bonds is 6. The molecule has 6 nitrogen and oxygen atoms in total. The Kier molecular flexibility index (Phi) is 5.48. The molecule has 0 bridgehead atoms. The average molecular weight is 368 g/mol. The Morgan fingerprint density at radius 3 is 2.77 bits per heavy atom. The molecular weight excluding hydrogens is 348 g/mol. The minimum Gasteiger partial charge on any atom is -0.496 e. The van der Waals surface area contributed by atoms with Crippen LogP contribution in [0.15, 0.2) is 53.6 Å². The van der Waals surface area contributed by atoms with Crippen molar-refractivity contribution in [1.29, 1.82) is 0 Å². The summed E-state index contributed by atoms with van der Waals surface area (Å²) in [5.41, 5.74) is 1.70. The zero-order chi connectivity index (χ0) is 18.5. The number of ether oxygens (including phenoxy) is 2. The van der Waals surface area contributed by atoms with Crippen LogP contribution in [0.5, 0.6) is 11.5 Å². The molecule has 3 rings (SSSR count). The molecule has 0 radical (unpaired) electrons. The maximum Gasteiger partial charge on any atom is 0.216 e. The van der Waals surface area contributed by atoms with Gasteiger partial charge in [-0.1, -0.05) is 24.3 Å². The second-order valence-corrected chi connectivity index (χ2v) is 6.23. The van der Waals surface area contributed by atoms with Gasteiger partial charge in [0.2, 0.25) is 4.77 Å². The van der Waals surface area contributed by atoms with Gasteiger partial charge in [0.05, 0.1) is 19.4 Å². The molecule has 0 spiro atoms. The number of benzene rings is 2. The van der Waals surface area contributed by atoms with E-state index in [0.717, 1.165) is 22.6 Å². The number of hydrogen-bond acceptors (Lipinski definition) is 5. The van der Waals surface area contributed by atoms with E-state index in [1.807, 2.05) is 62.4 Å². The van der Waals surface area contributed by atoms with Crippen molar-refractivity contribution in [3.63, 3.8) is 0 Å². The van der Waals surface area contributed by atoms with Crippen LogP contribution in [0.2, 0.25) is 0 Å². The van der Waals surface area contributed by atoms with Crippen molar-refractivity contribution in [2.45, 2.75) is 20.0 Å². The van der Waals surface area contributed by atoms with Gasteiger partial charge >= 0.3 is 0 Å². The summed E-state index contributed by atoms with van der Waals surface area (Å²) in [4.78, 5) is 0. The summed E-state index contributed by atoms with van der Waals surface area (Å²) in [7, 11) is 1.63. The topological polar surface area (TPSA) is 64.4 Å². The van der Waals surface area contributed by atoms with E-state index in [9.17, 15) is 0 Å². The third-order valence-electron chi connectivity index (χ3n) is 3.57. The minimum absolute atomic E-state index is 0.0923. The van der Waals surface area contributed by atoms with Crippen LogP contribution in [-0.4, -0.2) is 34.3 Å². The lowest BCUT2D eigenvalue weighted by Gasteiger charge is -2.10. The number of hydrogen-bond donors (Lipinski definition) is 1. The standard InChI is InChI=1S/C19H20N4O2S/c1-13(2)25-16-9-6-8-14(11-16)18-21-22-19(26)23(18)20-12-15-7-4-5-10-17(15)24-3/h4-13H,1-3H3,(H,22,26)/b20-12+.